The van der Waals surface area contributed by atoms with Gasteiger partial charge in [-0.3, -0.25) is 4.79 Å². The molecule has 7 nitrogen and oxygen atoms in total. The molecule has 0 aliphatic carbocycles. The van der Waals surface area contributed by atoms with Crippen LogP contribution in [0.2, 0.25) is 0 Å². The lowest BCUT2D eigenvalue weighted by Gasteiger charge is -2.14. The first-order valence-corrected chi connectivity index (χ1v) is 10.9. The van der Waals surface area contributed by atoms with Crippen molar-refractivity contribution in [3.8, 4) is 17.6 Å². The summed E-state index contributed by atoms with van der Waals surface area (Å²) in [5, 5.41) is 21.2. The number of anilines is 1. The van der Waals surface area contributed by atoms with E-state index in [1.54, 1.807) is 18.2 Å². The molecule has 0 heterocycles. The highest BCUT2D eigenvalue weighted by Crippen LogP contribution is 2.38. The Bertz CT molecular complexity index is 1310. The number of nitrogens with one attached hydrogen (secondary N) is 1. The number of halogens is 1. The van der Waals surface area contributed by atoms with Crippen molar-refractivity contribution in [3.63, 3.8) is 0 Å². The Hall–Kier alpha value is -4.09. The van der Waals surface area contributed by atoms with Gasteiger partial charge in [0, 0.05) is 5.69 Å². The van der Waals surface area contributed by atoms with E-state index in [0.717, 1.165) is 11.1 Å². The van der Waals surface area contributed by atoms with Gasteiger partial charge in [-0.05, 0) is 70.4 Å². The minimum Gasteiger partial charge on any atom is -0.493 e. The molecule has 0 spiro atoms. The Balaban J connectivity index is 1.82. The summed E-state index contributed by atoms with van der Waals surface area (Å²) in [5.74, 6) is -0.858. The van der Waals surface area contributed by atoms with Gasteiger partial charge in [0.05, 0.1) is 17.1 Å². The molecule has 3 aromatic rings. The summed E-state index contributed by atoms with van der Waals surface area (Å²) >= 11 is 3.48. The van der Waals surface area contributed by atoms with Gasteiger partial charge in [-0.15, -0.1) is 0 Å². The van der Waals surface area contributed by atoms with Crippen LogP contribution < -0.4 is 14.8 Å². The van der Waals surface area contributed by atoms with Gasteiger partial charge in [-0.1, -0.05) is 35.9 Å². The Morgan fingerprint density at radius 3 is 2.59 bits per heavy atom. The van der Waals surface area contributed by atoms with Crippen LogP contribution in [0.1, 0.15) is 27.0 Å². The molecular formula is C26H21BrN2O5. The number of aryl methyl sites for hydroxylation is 1. The molecule has 0 saturated carbocycles. The Morgan fingerprint density at radius 2 is 1.91 bits per heavy atom. The molecule has 3 rings (SSSR count). The molecule has 0 aliphatic heterocycles. The summed E-state index contributed by atoms with van der Waals surface area (Å²) in [4.78, 5) is 23.7. The van der Waals surface area contributed by atoms with E-state index in [1.807, 2.05) is 37.3 Å². The lowest BCUT2D eigenvalue weighted by atomic mass is 10.1. The zero-order chi connectivity index (χ0) is 24.7. The van der Waals surface area contributed by atoms with Crippen LogP contribution in [0.5, 0.6) is 11.5 Å². The quantitative estimate of drug-likeness (QED) is 0.296. The number of nitrogens with zero attached hydrogens (tertiary/aromatic N) is 1. The largest absolute Gasteiger partial charge is 0.493 e. The van der Waals surface area contributed by atoms with Crippen LogP contribution >= 0.6 is 15.9 Å². The van der Waals surface area contributed by atoms with Gasteiger partial charge >= 0.3 is 5.97 Å². The smallest absolute Gasteiger partial charge is 0.335 e. The molecule has 0 aromatic heterocycles. The summed E-state index contributed by atoms with van der Waals surface area (Å²) in [6.07, 6.45) is 1.41. The fourth-order valence-electron chi connectivity index (χ4n) is 3.16. The first-order chi connectivity index (χ1) is 16.3. The van der Waals surface area contributed by atoms with Crippen molar-refractivity contribution in [2.24, 2.45) is 0 Å². The number of methoxy groups -OCH3 is 1. The van der Waals surface area contributed by atoms with Crippen molar-refractivity contribution >= 4 is 39.6 Å². The van der Waals surface area contributed by atoms with Crippen molar-refractivity contribution in [1.82, 2.24) is 0 Å². The van der Waals surface area contributed by atoms with E-state index in [1.165, 1.54) is 31.4 Å². The second-order valence-corrected chi connectivity index (χ2v) is 8.18. The average Bonchev–Trinajstić information content (AvgIpc) is 2.81. The Labute approximate surface area is 205 Å². The van der Waals surface area contributed by atoms with Crippen LogP contribution in [0.25, 0.3) is 6.08 Å². The second kappa shape index (κ2) is 11.2. The van der Waals surface area contributed by atoms with Gasteiger partial charge in [-0.2, -0.15) is 5.26 Å². The molecule has 8 heteroatoms. The third-order valence-corrected chi connectivity index (χ3v) is 5.35. The molecule has 34 heavy (non-hydrogen) atoms. The lowest BCUT2D eigenvalue weighted by molar-refractivity contribution is -0.112. The molecule has 172 valence electrons. The molecule has 0 aliphatic rings. The zero-order valence-corrected chi connectivity index (χ0v) is 20.0. The third kappa shape index (κ3) is 6.24. The SMILES string of the molecule is COc1cc(/C=C(/C#N)C(=O)Nc2cccc(C(=O)O)c2)cc(Br)c1OCc1cccc(C)c1. The number of amides is 1. The summed E-state index contributed by atoms with van der Waals surface area (Å²) in [7, 11) is 1.50. The van der Waals surface area contributed by atoms with Gasteiger partial charge < -0.3 is 19.9 Å². The van der Waals surface area contributed by atoms with Crippen molar-refractivity contribution in [3.05, 3.63) is 93.0 Å². The van der Waals surface area contributed by atoms with Gasteiger partial charge in [0.25, 0.3) is 5.91 Å². The highest BCUT2D eigenvalue weighted by Gasteiger charge is 2.15. The van der Waals surface area contributed by atoms with E-state index in [4.69, 9.17) is 14.6 Å². The highest BCUT2D eigenvalue weighted by atomic mass is 79.9. The van der Waals surface area contributed by atoms with Crippen molar-refractivity contribution in [2.45, 2.75) is 13.5 Å². The maximum Gasteiger partial charge on any atom is 0.335 e. The maximum atomic E-state index is 12.6. The highest BCUT2D eigenvalue weighted by molar-refractivity contribution is 9.10. The molecule has 0 radical (unpaired) electrons. The van der Waals surface area contributed by atoms with Gasteiger partial charge in [0.15, 0.2) is 11.5 Å². The number of carbonyl (C=O) groups excluding carboxylic acids is 1. The Morgan fingerprint density at radius 1 is 1.15 bits per heavy atom. The number of nitriles is 1. The van der Waals surface area contributed by atoms with Crippen LogP contribution in [0, 0.1) is 18.3 Å². The van der Waals surface area contributed by atoms with Crippen LogP contribution in [-0.4, -0.2) is 24.1 Å². The molecule has 0 unspecified atom stereocenters. The predicted octanol–water partition coefficient (Wildman–Crippen LogP) is 5.59. The fraction of sp³-hybridized carbons (Fsp3) is 0.115. The standard InChI is InChI=1S/C26H21BrN2O5/c1-16-5-3-6-17(9-16)15-34-24-22(27)11-18(12-23(24)33-2)10-20(14-28)25(30)29-21-8-4-7-19(13-21)26(31)32/h3-13H,15H2,1-2H3,(H,29,30)(H,31,32)/b20-10-. The minimum atomic E-state index is -1.12. The molecule has 0 atom stereocenters. The van der Waals surface area contributed by atoms with E-state index in [9.17, 15) is 14.9 Å². The van der Waals surface area contributed by atoms with Crippen LogP contribution in [0.15, 0.2) is 70.7 Å². The van der Waals surface area contributed by atoms with Crippen molar-refractivity contribution < 1.29 is 24.2 Å². The van der Waals surface area contributed by atoms with E-state index in [-0.39, 0.29) is 16.8 Å². The molecular weight excluding hydrogens is 500 g/mol. The number of ether oxygens (including phenoxy) is 2. The number of carboxylic acids is 1. The van der Waals surface area contributed by atoms with Crippen LogP contribution in [0.3, 0.4) is 0 Å². The number of benzene rings is 3. The summed E-state index contributed by atoms with van der Waals surface area (Å²) in [6, 6.07) is 19.0. The third-order valence-electron chi connectivity index (χ3n) is 4.76. The van der Waals surface area contributed by atoms with E-state index in [2.05, 4.69) is 21.2 Å². The number of rotatable bonds is 8. The maximum absolute atomic E-state index is 12.6. The predicted molar refractivity (Wildman–Crippen MR) is 132 cm³/mol. The molecule has 2 N–H and O–H groups in total. The first-order valence-electron chi connectivity index (χ1n) is 10.1. The summed E-state index contributed by atoms with van der Waals surface area (Å²) < 4.78 is 12.0. The van der Waals surface area contributed by atoms with Crippen LogP contribution in [0.4, 0.5) is 5.69 Å². The average molecular weight is 521 g/mol. The molecule has 3 aromatic carbocycles. The Kier molecular flexibility index (Phi) is 8.06. The molecule has 0 bridgehead atoms. The zero-order valence-electron chi connectivity index (χ0n) is 18.5. The van der Waals surface area contributed by atoms with Crippen LogP contribution in [-0.2, 0) is 11.4 Å². The van der Waals surface area contributed by atoms with Gasteiger partial charge in [0.1, 0.15) is 18.2 Å². The monoisotopic (exact) mass is 520 g/mol. The number of carbonyl (C=O) groups is 2. The number of aromatic carboxylic acids is 1. The van der Waals surface area contributed by atoms with Gasteiger partial charge in [0.2, 0.25) is 0 Å². The second-order valence-electron chi connectivity index (χ2n) is 7.32. The van der Waals surface area contributed by atoms with Crippen molar-refractivity contribution in [1.29, 1.82) is 5.26 Å². The summed E-state index contributed by atoms with van der Waals surface area (Å²) in [5.41, 5.74) is 2.80. The summed E-state index contributed by atoms with van der Waals surface area (Å²) in [6.45, 7) is 2.35. The van der Waals surface area contributed by atoms with Gasteiger partial charge in [-0.25, -0.2) is 4.79 Å². The topological polar surface area (TPSA) is 109 Å². The van der Waals surface area contributed by atoms with E-state index in [0.29, 0.717) is 28.1 Å². The van der Waals surface area contributed by atoms with E-state index >= 15 is 0 Å². The minimum absolute atomic E-state index is 0.0233. The number of hydrogen-bond acceptors (Lipinski definition) is 5. The fourth-order valence-corrected chi connectivity index (χ4v) is 3.74. The molecule has 0 fully saturated rings. The lowest BCUT2D eigenvalue weighted by Crippen LogP contribution is -2.14. The first kappa shape index (κ1) is 24.6. The molecule has 1 amide bonds. The molecule has 0 saturated heterocycles. The van der Waals surface area contributed by atoms with Crippen molar-refractivity contribution in [2.75, 3.05) is 12.4 Å². The normalized spacial score (nSPS) is 10.8. The number of carboxylic acid groups (broad SMARTS) is 1. The number of hydrogen-bond donors (Lipinski definition) is 2. The van der Waals surface area contributed by atoms with E-state index < -0.39 is 11.9 Å².